The van der Waals surface area contributed by atoms with Crippen LogP contribution in [-0.4, -0.2) is 45.5 Å². The van der Waals surface area contributed by atoms with E-state index in [9.17, 15) is 9.59 Å². The predicted molar refractivity (Wildman–Crippen MR) is 103 cm³/mol. The second-order valence-electron chi connectivity index (χ2n) is 8.84. The van der Waals surface area contributed by atoms with Crippen molar-refractivity contribution in [1.82, 2.24) is 14.7 Å². The first-order chi connectivity index (χ1) is 12.0. The maximum absolute atomic E-state index is 12.8. The highest BCUT2D eigenvalue weighted by atomic mass is 16.2. The molecule has 1 saturated heterocycles. The fraction of sp³-hybridized carbons (Fsp3) is 0.750. The number of carbonyl (C=O) groups excluding carboxylic acids is 2. The van der Waals surface area contributed by atoms with Crippen LogP contribution in [-0.2, 0) is 17.3 Å². The molecule has 146 valence electrons. The van der Waals surface area contributed by atoms with Gasteiger partial charge in [-0.3, -0.25) is 14.3 Å². The smallest absolute Gasteiger partial charge is 0.239 e. The van der Waals surface area contributed by atoms with Crippen LogP contribution in [0.4, 0.5) is 0 Å². The average molecular weight is 363 g/mol. The zero-order valence-corrected chi connectivity index (χ0v) is 17.1. The molecule has 26 heavy (non-hydrogen) atoms. The summed E-state index contributed by atoms with van der Waals surface area (Å²) in [6.07, 6.45) is 2.39. The van der Waals surface area contributed by atoms with E-state index in [4.69, 9.17) is 5.73 Å². The molecule has 0 saturated carbocycles. The number of nitrogens with zero attached hydrogens (tertiary/aromatic N) is 3. The molecule has 6 heteroatoms. The number of likely N-dealkylation sites (tertiary alicyclic amines) is 1. The summed E-state index contributed by atoms with van der Waals surface area (Å²) in [5.74, 6) is 0.934. The number of hydrogen-bond donors (Lipinski definition) is 1. The number of ketones is 1. The Balaban J connectivity index is 1.94. The Morgan fingerprint density at radius 1 is 1.27 bits per heavy atom. The number of aryl methyl sites for hydroxylation is 1. The van der Waals surface area contributed by atoms with Gasteiger partial charge in [-0.25, -0.2) is 0 Å². The minimum Gasteiger partial charge on any atom is -0.341 e. The van der Waals surface area contributed by atoms with Gasteiger partial charge < -0.3 is 10.6 Å². The van der Waals surface area contributed by atoms with E-state index in [0.717, 1.165) is 31.6 Å². The molecule has 1 aliphatic heterocycles. The highest BCUT2D eigenvalue weighted by Crippen LogP contribution is 2.29. The summed E-state index contributed by atoms with van der Waals surface area (Å²) < 4.78 is 1.71. The molecule has 0 radical (unpaired) electrons. The normalized spacial score (nSPS) is 18.7. The number of aromatic nitrogens is 2. The predicted octanol–water partition coefficient (Wildman–Crippen LogP) is 2.51. The first-order valence-electron chi connectivity index (χ1n) is 9.62. The number of piperidine rings is 1. The van der Waals surface area contributed by atoms with Crippen molar-refractivity contribution in [1.29, 1.82) is 0 Å². The van der Waals surface area contributed by atoms with Gasteiger partial charge in [0.1, 0.15) is 5.69 Å². The fourth-order valence-corrected chi connectivity index (χ4v) is 3.64. The zero-order valence-electron chi connectivity index (χ0n) is 17.1. The molecular formula is C20H34N4O2. The van der Waals surface area contributed by atoms with Crippen molar-refractivity contribution in [3.8, 4) is 0 Å². The maximum atomic E-state index is 12.8. The molecule has 1 unspecified atom stereocenters. The number of Topliss-reactive ketones (excluding diaryl/α,β-unsaturated/α-hetero) is 1. The summed E-state index contributed by atoms with van der Waals surface area (Å²) in [7, 11) is 1.84. The van der Waals surface area contributed by atoms with E-state index in [2.05, 4.69) is 32.8 Å². The molecule has 2 rings (SSSR count). The van der Waals surface area contributed by atoms with Gasteiger partial charge in [-0.1, -0.05) is 27.7 Å². The van der Waals surface area contributed by atoms with Crippen LogP contribution in [0.1, 0.15) is 70.1 Å². The van der Waals surface area contributed by atoms with Gasteiger partial charge in [0.15, 0.2) is 5.78 Å². The van der Waals surface area contributed by atoms with Crippen molar-refractivity contribution in [2.24, 2.45) is 24.6 Å². The van der Waals surface area contributed by atoms with Gasteiger partial charge >= 0.3 is 0 Å². The van der Waals surface area contributed by atoms with Gasteiger partial charge in [0, 0.05) is 32.0 Å². The molecule has 1 amide bonds. The van der Waals surface area contributed by atoms with Crippen LogP contribution < -0.4 is 5.73 Å². The molecule has 1 aromatic rings. The van der Waals surface area contributed by atoms with Gasteiger partial charge in [-0.2, -0.15) is 5.10 Å². The van der Waals surface area contributed by atoms with Gasteiger partial charge in [0.25, 0.3) is 0 Å². The largest absolute Gasteiger partial charge is 0.341 e. The van der Waals surface area contributed by atoms with E-state index in [1.807, 2.05) is 18.0 Å². The van der Waals surface area contributed by atoms with Crippen molar-refractivity contribution >= 4 is 11.7 Å². The molecule has 0 aliphatic carbocycles. The number of nitrogens with two attached hydrogens (primary N) is 1. The van der Waals surface area contributed by atoms with Crippen molar-refractivity contribution in [2.75, 3.05) is 13.1 Å². The SMILES string of the molecule is CC(CC(=O)c1cc(C(C)(C)C)nn1C)C1CCN(C(=O)[C@H](C)N)CC1. The van der Waals surface area contributed by atoms with Crippen LogP contribution in [0.3, 0.4) is 0 Å². The van der Waals surface area contributed by atoms with Gasteiger partial charge in [-0.15, -0.1) is 0 Å². The monoisotopic (exact) mass is 362 g/mol. The van der Waals surface area contributed by atoms with Crippen LogP contribution in [0.5, 0.6) is 0 Å². The fourth-order valence-electron chi connectivity index (χ4n) is 3.64. The van der Waals surface area contributed by atoms with Gasteiger partial charge in [-0.05, 0) is 37.7 Å². The molecule has 2 atom stereocenters. The summed E-state index contributed by atoms with van der Waals surface area (Å²) in [5, 5.41) is 4.51. The standard InChI is InChI=1S/C20H34N4O2/c1-13(15-7-9-24(10-8-15)19(26)14(2)21)11-17(25)16-12-18(20(3,4)5)22-23(16)6/h12-15H,7-11,21H2,1-6H3/t13?,14-/m0/s1. The summed E-state index contributed by atoms with van der Waals surface area (Å²) in [5.41, 5.74) is 7.26. The van der Waals surface area contributed by atoms with Crippen LogP contribution >= 0.6 is 0 Å². The number of rotatable bonds is 5. The Hall–Kier alpha value is -1.69. The zero-order chi connectivity index (χ0) is 19.6. The van der Waals surface area contributed by atoms with Crippen molar-refractivity contribution < 1.29 is 9.59 Å². The molecule has 0 bridgehead atoms. The first-order valence-corrected chi connectivity index (χ1v) is 9.62. The van der Waals surface area contributed by atoms with Crippen molar-refractivity contribution in [3.63, 3.8) is 0 Å². The summed E-state index contributed by atoms with van der Waals surface area (Å²) in [6, 6.07) is 1.49. The van der Waals surface area contributed by atoms with E-state index >= 15 is 0 Å². The summed E-state index contributed by atoms with van der Waals surface area (Å²) in [6.45, 7) is 11.7. The van der Waals surface area contributed by atoms with Crippen LogP contribution in [0.15, 0.2) is 6.07 Å². The van der Waals surface area contributed by atoms with Crippen molar-refractivity contribution in [3.05, 3.63) is 17.5 Å². The highest BCUT2D eigenvalue weighted by molar-refractivity contribution is 5.94. The third kappa shape index (κ3) is 4.72. The quantitative estimate of drug-likeness (QED) is 0.816. The highest BCUT2D eigenvalue weighted by Gasteiger charge is 2.29. The molecule has 2 N–H and O–H groups in total. The Morgan fingerprint density at radius 2 is 1.85 bits per heavy atom. The molecule has 6 nitrogen and oxygen atoms in total. The van der Waals surface area contributed by atoms with Crippen LogP contribution in [0.2, 0.25) is 0 Å². The average Bonchev–Trinajstić information content (AvgIpc) is 2.96. The second-order valence-corrected chi connectivity index (χ2v) is 8.84. The van der Waals surface area contributed by atoms with E-state index in [-0.39, 0.29) is 17.1 Å². The lowest BCUT2D eigenvalue weighted by Gasteiger charge is -2.35. The Bertz CT molecular complexity index is 649. The summed E-state index contributed by atoms with van der Waals surface area (Å²) in [4.78, 5) is 26.6. The minimum atomic E-state index is -0.438. The van der Waals surface area contributed by atoms with E-state index < -0.39 is 6.04 Å². The number of carbonyl (C=O) groups is 2. The van der Waals surface area contributed by atoms with Gasteiger partial charge in [0.05, 0.1) is 11.7 Å². The topological polar surface area (TPSA) is 81.2 Å². The van der Waals surface area contributed by atoms with E-state index in [1.54, 1.807) is 11.6 Å². The second kappa shape index (κ2) is 7.91. The summed E-state index contributed by atoms with van der Waals surface area (Å²) >= 11 is 0. The van der Waals surface area contributed by atoms with Gasteiger partial charge in [0.2, 0.25) is 5.91 Å². The lowest BCUT2D eigenvalue weighted by molar-refractivity contribution is -0.133. The molecular weight excluding hydrogens is 328 g/mol. The number of hydrogen-bond acceptors (Lipinski definition) is 4. The van der Waals surface area contributed by atoms with Crippen molar-refractivity contribution in [2.45, 2.75) is 65.3 Å². The molecule has 1 fully saturated rings. The molecule has 0 aromatic carbocycles. The number of amides is 1. The van der Waals surface area contributed by atoms with E-state index in [0.29, 0.717) is 24.0 Å². The Morgan fingerprint density at radius 3 is 2.31 bits per heavy atom. The van der Waals surface area contributed by atoms with Crippen LogP contribution in [0.25, 0.3) is 0 Å². The van der Waals surface area contributed by atoms with E-state index in [1.165, 1.54) is 0 Å². The lowest BCUT2D eigenvalue weighted by atomic mass is 9.82. The maximum Gasteiger partial charge on any atom is 0.239 e. The minimum absolute atomic E-state index is 0.0248. The lowest BCUT2D eigenvalue weighted by Crippen LogP contribution is -2.46. The Kier molecular flexibility index (Phi) is 6.27. The molecule has 1 aliphatic rings. The first kappa shape index (κ1) is 20.6. The van der Waals surface area contributed by atoms with Crippen LogP contribution in [0, 0.1) is 11.8 Å². The molecule has 2 heterocycles. The third-order valence-electron chi connectivity index (χ3n) is 5.49. The Labute approximate surface area is 157 Å². The molecule has 0 spiro atoms. The molecule has 1 aromatic heterocycles. The third-order valence-corrected chi connectivity index (χ3v) is 5.49.